The minimum atomic E-state index is 0. The number of amides is 1. The van der Waals surface area contributed by atoms with Crippen LogP contribution in [0.5, 0.6) is 0 Å². The van der Waals surface area contributed by atoms with Crippen LogP contribution < -0.4 is 5.73 Å². The third-order valence-corrected chi connectivity index (χ3v) is 4.27. The standard InChI is InChI=1S/C18H21BrN2O.ClH/c1-21(13-12-14-6-9-16(19)10-7-14)18(22)11-8-15-4-2-3-5-17(15)20;/h2-7,9-10H,8,11-13,20H2,1H3;1H. The van der Waals surface area contributed by atoms with Crippen molar-refractivity contribution in [3.8, 4) is 0 Å². The van der Waals surface area contributed by atoms with Gasteiger partial charge in [-0.3, -0.25) is 4.79 Å². The highest BCUT2D eigenvalue weighted by Gasteiger charge is 2.09. The lowest BCUT2D eigenvalue weighted by Gasteiger charge is -2.17. The maximum absolute atomic E-state index is 12.2. The summed E-state index contributed by atoms with van der Waals surface area (Å²) in [6.07, 6.45) is 2.04. The summed E-state index contributed by atoms with van der Waals surface area (Å²) in [7, 11) is 1.86. The predicted octanol–water partition coefficient (Wildman–Crippen LogP) is 4.09. The number of benzene rings is 2. The van der Waals surface area contributed by atoms with Crippen LogP contribution in [-0.4, -0.2) is 24.4 Å². The van der Waals surface area contributed by atoms with Crippen LogP contribution in [-0.2, 0) is 17.6 Å². The molecular weight excluding hydrogens is 376 g/mol. The van der Waals surface area contributed by atoms with E-state index in [-0.39, 0.29) is 18.3 Å². The molecule has 0 spiro atoms. The zero-order valence-corrected chi connectivity index (χ0v) is 15.6. The van der Waals surface area contributed by atoms with Gasteiger partial charge >= 0.3 is 0 Å². The van der Waals surface area contributed by atoms with Crippen LogP contribution in [0.4, 0.5) is 5.69 Å². The zero-order chi connectivity index (χ0) is 15.9. The van der Waals surface area contributed by atoms with Gasteiger partial charge in [-0.15, -0.1) is 12.4 Å². The molecule has 5 heteroatoms. The Balaban J connectivity index is 0.00000264. The Kier molecular flexibility index (Phi) is 8.13. The molecule has 1 amide bonds. The van der Waals surface area contributed by atoms with Crippen LogP contribution in [0.25, 0.3) is 0 Å². The lowest BCUT2D eigenvalue weighted by molar-refractivity contribution is -0.129. The van der Waals surface area contributed by atoms with Gasteiger partial charge in [-0.2, -0.15) is 0 Å². The van der Waals surface area contributed by atoms with Crippen LogP contribution in [0.15, 0.2) is 53.0 Å². The summed E-state index contributed by atoms with van der Waals surface area (Å²) in [4.78, 5) is 14.0. The SMILES string of the molecule is CN(CCc1ccc(Br)cc1)C(=O)CCc1ccccc1N.Cl. The smallest absolute Gasteiger partial charge is 0.222 e. The molecule has 2 aromatic carbocycles. The molecule has 0 aromatic heterocycles. The van der Waals surface area contributed by atoms with Crippen molar-refractivity contribution < 1.29 is 4.79 Å². The molecule has 0 aliphatic heterocycles. The Hall–Kier alpha value is -1.52. The number of halogens is 2. The Labute approximate surface area is 152 Å². The van der Waals surface area contributed by atoms with Gasteiger partial charge in [-0.25, -0.2) is 0 Å². The number of aryl methyl sites for hydroxylation is 1. The van der Waals surface area contributed by atoms with Gasteiger partial charge in [0.15, 0.2) is 0 Å². The topological polar surface area (TPSA) is 46.3 Å². The maximum atomic E-state index is 12.2. The molecule has 23 heavy (non-hydrogen) atoms. The van der Waals surface area contributed by atoms with Gasteiger partial charge in [-0.05, 0) is 42.2 Å². The highest BCUT2D eigenvalue weighted by atomic mass is 79.9. The Bertz CT molecular complexity index is 631. The maximum Gasteiger partial charge on any atom is 0.222 e. The first kappa shape index (κ1) is 19.5. The van der Waals surface area contributed by atoms with E-state index in [0.29, 0.717) is 12.8 Å². The molecule has 0 radical (unpaired) electrons. The predicted molar refractivity (Wildman–Crippen MR) is 102 cm³/mol. The largest absolute Gasteiger partial charge is 0.399 e. The van der Waals surface area contributed by atoms with E-state index in [9.17, 15) is 4.79 Å². The number of nitrogens with two attached hydrogens (primary N) is 1. The summed E-state index contributed by atoms with van der Waals surface area (Å²) in [5.74, 6) is 0.153. The summed E-state index contributed by atoms with van der Waals surface area (Å²) in [5.41, 5.74) is 8.93. The van der Waals surface area contributed by atoms with Crippen molar-refractivity contribution in [1.29, 1.82) is 0 Å². The summed E-state index contributed by atoms with van der Waals surface area (Å²) >= 11 is 3.42. The first-order valence-corrected chi connectivity index (χ1v) is 8.17. The fourth-order valence-corrected chi connectivity index (χ4v) is 2.53. The van der Waals surface area contributed by atoms with E-state index in [0.717, 1.165) is 28.7 Å². The third-order valence-electron chi connectivity index (χ3n) is 3.74. The molecule has 2 N–H and O–H groups in total. The number of nitrogen functional groups attached to an aromatic ring is 1. The number of anilines is 1. The van der Waals surface area contributed by atoms with Crippen LogP contribution in [0, 0.1) is 0 Å². The lowest BCUT2D eigenvalue weighted by Crippen LogP contribution is -2.29. The monoisotopic (exact) mass is 396 g/mol. The summed E-state index contributed by atoms with van der Waals surface area (Å²) < 4.78 is 1.07. The Morgan fingerprint density at radius 3 is 2.39 bits per heavy atom. The van der Waals surface area contributed by atoms with Gasteiger partial charge in [0.2, 0.25) is 5.91 Å². The van der Waals surface area contributed by atoms with Crippen molar-refractivity contribution in [2.75, 3.05) is 19.3 Å². The first-order chi connectivity index (χ1) is 10.6. The van der Waals surface area contributed by atoms with Crippen molar-refractivity contribution in [3.05, 3.63) is 64.1 Å². The second kappa shape index (κ2) is 9.58. The van der Waals surface area contributed by atoms with Gasteiger partial charge in [0, 0.05) is 30.2 Å². The Morgan fingerprint density at radius 1 is 1.09 bits per heavy atom. The molecule has 0 fully saturated rings. The van der Waals surface area contributed by atoms with E-state index in [1.54, 1.807) is 4.90 Å². The molecular formula is C18H22BrClN2O. The number of rotatable bonds is 6. The van der Waals surface area contributed by atoms with Crippen molar-refractivity contribution in [2.45, 2.75) is 19.3 Å². The number of carbonyl (C=O) groups excluding carboxylic acids is 1. The second-order valence-corrected chi connectivity index (χ2v) is 6.31. The van der Waals surface area contributed by atoms with Gasteiger partial charge in [0.05, 0.1) is 0 Å². The molecule has 0 bridgehead atoms. The zero-order valence-electron chi connectivity index (χ0n) is 13.2. The Morgan fingerprint density at radius 2 is 1.74 bits per heavy atom. The minimum absolute atomic E-state index is 0. The molecule has 2 aromatic rings. The minimum Gasteiger partial charge on any atom is -0.399 e. The number of nitrogens with zero attached hydrogens (tertiary/aromatic N) is 1. The highest BCUT2D eigenvalue weighted by molar-refractivity contribution is 9.10. The van der Waals surface area contributed by atoms with Crippen LogP contribution in [0.2, 0.25) is 0 Å². The fourth-order valence-electron chi connectivity index (χ4n) is 2.27. The van der Waals surface area contributed by atoms with Crippen molar-refractivity contribution >= 4 is 39.9 Å². The molecule has 2 rings (SSSR count). The van der Waals surface area contributed by atoms with Crippen LogP contribution >= 0.6 is 28.3 Å². The molecule has 3 nitrogen and oxygen atoms in total. The molecule has 0 atom stereocenters. The summed E-state index contributed by atoms with van der Waals surface area (Å²) in [6.45, 7) is 0.727. The van der Waals surface area contributed by atoms with E-state index in [4.69, 9.17) is 5.73 Å². The van der Waals surface area contributed by atoms with Crippen molar-refractivity contribution in [1.82, 2.24) is 4.90 Å². The molecule has 0 saturated heterocycles. The van der Waals surface area contributed by atoms with E-state index in [1.807, 2.05) is 43.4 Å². The third kappa shape index (κ3) is 6.24. The molecule has 0 unspecified atom stereocenters. The molecule has 0 aliphatic carbocycles. The average molecular weight is 398 g/mol. The molecule has 0 heterocycles. The van der Waals surface area contributed by atoms with Gasteiger partial charge in [0.1, 0.15) is 0 Å². The number of hydrogen-bond acceptors (Lipinski definition) is 2. The highest BCUT2D eigenvalue weighted by Crippen LogP contribution is 2.14. The van der Waals surface area contributed by atoms with Gasteiger partial charge in [-0.1, -0.05) is 46.3 Å². The van der Waals surface area contributed by atoms with E-state index in [1.165, 1.54) is 5.56 Å². The summed E-state index contributed by atoms with van der Waals surface area (Å²) in [5, 5.41) is 0. The number of carbonyl (C=O) groups is 1. The lowest BCUT2D eigenvalue weighted by atomic mass is 10.1. The quantitative estimate of drug-likeness (QED) is 0.746. The van der Waals surface area contributed by atoms with Gasteiger partial charge < -0.3 is 10.6 Å². The molecule has 0 saturated carbocycles. The van der Waals surface area contributed by atoms with E-state index in [2.05, 4.69) is 28.1 Å². The average Bonchev–Trinajstić information content (AvgIpc) is 2.53. The fraction of sp³-hybridized carbons (Fsp3) is 0.278. The van der Waals surface area contributed by atoms with Crippen LogP contribution in [0.3, 0.4) is 0 Å². The second-order valence-electron chi connectivity index (χ2n) is 5.39. The van der Waals surface area contributed by atoms with Crippen molar-refractivity contribution in [3.63, 3.8) is 0 Å². The van der Waals surface area contributed by atoms with Crippen LogP contribution in [0.1, 0.15) is 17.5 Å². The van der Waals surface area contributed by atoms with E-state index < -0.39 is 0 Å². The van der Waals surface area contributed by atoms with Gasteiger partial charge in [0.25, 0.3) is 0 Å². The first-order valence-electron chi connectivity index (χ1n) is 7.38. The number of hydrogen-bond donors (Lipinski definition) is 1. The molecule has 0 aliphatic rings. The number of likely N-dealkylation sites (N-methyl/N-ethyl adjacent to an activating group) is 1. The number of para-hydroxylation sites is 1. The normalized spacial score (nSPS) is 10.0. The molecule has 124 valence electrons. The van der Waals surface area contributed by atoms with E-state index >= 15 is 0 Å². The summed E-state index contributed by atoms with van der Waals surface area (Å²) in [6, 6.07) is 15.9. The van der Waals surface area contributed by atoms with Crippen molar-refractivity contribution in [2.24, 2.45) is 0 Å².